The molecule has 0 saturated carbocycles. The molecule has 0 atom stereocenters. The standard InChI is InChI=1S/C21H20N4O4S/c1-2-16-8-10-17(11-9-16)15-22-23-20-13-12-19(14-21(20)25(26)27)30(28,29)24-18-6-4-3-5-7-18/h3-15,23-24H,2H2,1H3/b22-15+. The van der Waals surface area contributed by atoms with Gasteiger partial charge in [0.25, 0.3) is 15.7 Å². The lowest BCUT2D eigenvalue weighted by atomic mass is 10.1. The van der Waals surface area contributed by atoms with Crippen LogP contribution in [-0.2, 0) is 16.4 Å². The van der Waals surface area contributed by atoms with Crippen LogP contribution in [0.1, 0.15) is 18.1 Å². The lowest BCUT2D eigenvalue weighted by Crippen LogP contribution is -2.13. The molecule has 3 aromatic carbocycles. The van der Waals surface area contributed by atoms with Crippen LogP contribution in [0.4, 0.5) is 17.1 Å². The van der Waals surface area contributed by atoms with Crippen molar-refractivity contribution in [3.05, 3.63) is 94.0 Å². The fraction of sp³-hybridized carbons (Fsp3) is 0.0952. The van der Waals surface area contributed by atoms with Gasteiger partial charge >= 0.3 is 0 Å². The highest BCUT2D eigenvalue weighted by molar-refractivity contribution is 7.92. The number of hydrazone groups is 1. The van der Waals surface area contributed by atoms with Gasteiger partial charge in [0.15, 0.2) is 0 Å². The Morgan fingerprint density at radius 3 is 2.37 bits per heavy atom. The van der Waals surface area contributed by atoms with Gasteiger partial charge in [-0.1, -0.05) is 49.4 Å². The number of aryl methyl sites for hydroxylation is 1. The number of hydrogen-bond donors (Lipinski definition) is 2. The van der Waals surface area contributed by atoms with Crippen LogP contribution in [0, 0.1) is 10.1 Å². The molecule has 0 aromatic heterocycles. The van der Waals surface area contributed by atoms with E-state index in [2.05, 4.69) is 22.2 Å². The molecule has 0 unspecified atom stereocenters. The van der Waals surface area contributed by atoms with Crippen molar-refractivity contribution in [1.82, 2.24) is 0 Å². The molecule has 0 aliphatic carbocycles. The number of sulfonamides is 1. The quantitative estimate of drug-likeness (QED) is 0.316. The first-order valence-electron chi connectivity index (χ1n) is 9.13. The predicted molar refractivity (Wildman–Crippen MR) is 117 cm³/mol. The number of para-hydroxylation sites is 1. The molecular formula is C21H20N4O4S. The third-order valence-electron chi connectivity index (χ3n) is 4.29. The van der Waals surface area contributed by atoms with Gasteiger partial charge in [0.1, 0.15) is 5.69 Å². The molecule has 0 heterocycles. The van der Waals surface area contributed by atoms with E-state index in [0.717, 1.165) is 18.1 Å². The fourth-order valence-corrected chi connectivity index (χ4v) is 3.74. The average Bonchev–Trinajstić information content (AvgIpc) is 2.74. The highest BCUT2D eigenvalue weighted by Gasteiger charge is 2.21. The van der Waals surface area contributed by atoms with Gasteiger partial charge in [-0.15, -0.1) is 0 Å². The monoisotopic (exact) mass is 424 g/mol. The first-order valence-corrected chi connectivity index (χ1v) is 10.6. The third-order valence-corrected chi connectivity index (χ3v) is 5.67. The second-order valence-corrected chi connectivity index (χ2v) is 8.06. The Labute approximate surface area is 174 Å². The third kappa shape index (κ3) is 5.21. The maximum Gasteiger partial charge on any atom is 0.295 e. The normalized spacial score (nSPS) is 11.4. The summed E-state index contributed by atoms with van der Waals surface area (Å²) in [6.07, 6.45) is 2.46. The van der Waals surface area contributed by atoms with E-state index in [0.29, 0.717) is 5.69 Å². The Morgan fingerprint density at radius 1 is 1.03 bits per heavy atom. The molecule has 154 valence electrons. The number of benzene rings is 3. The van der Waals surface area contributed by atoms with Crippen molar-refractivity contribution in [1.29, 1.82) is 0 Å². The molecule has 3 aromatic rings. The predicted octanol–water partition coefficient (Wildman–Crippen LogP) is 4.40. The zero-order valence-corrected chi connectivity index (χ0v) is 17.0. The van der Waals surface area contributed by atoms with E-state index in [1.807, 2.05) is 24.3 Å². The van der Waals surface area contributed by atoms with Gasteiger partial charge < -0.3 is 0 Å². The van der Waals surface area contributed by atoms with E-state index >= 15 is 0 Å². The van der Waals surface area contributed by atoms with Crippen molar-refractivity contribution in [2.24, 2.45) is 5.10 Å². The summed E-state index contributed by atoms with van der Waals surface area (Å²) in [4.78, 5) is 10.6. The summed E-state index contributed by atoms with van der Waals surface area (Å²) >= 11 is 0. The summed E-state index contributed by atoms with van der Waals surface area (Å²) in [5, 5.41) is 15.5. The first-order chi connectivity index (χ1) is 14.4. The van der Waals surface area contributed by atoms with Crippen LogP contribution in [0.5, 0.6) is 0 Å². The zero-order chi connectivity index (χ0) is 21.6. The van der Waals surface area contributed by atoms with Crippen molar-refractivity contribution >= 4 is 33.3 Å². The van der Waals surface area contributed by atoms with E-state index in [1.165, 1.54) is 23.9 Å². The SMILES string of the molecule is CCc1ccc(/C=N/Nc2ccc(S(=O)(=O)Nc3ccccc3)cc2[N+](=O)[O-])cc1. The summed E-state index contributed by atoms with van der Waals surface area (Å²) in [5.41, 5.74) is 4.68. The smallest absolute Gasteiger partial charge is 0.280 e. The number of rotatable bonds is 8. The van der Waals surface area contributed by atoms with Crippen LogP contribution in [0.3, 0.4) is 0 Å². The Kier molecular flexibility index (Phi) is 6.43. The number of hydrogen-bond acceptors (Lipinski definition) is 6. The van der Waals surface area contributed by atoms with E-state index in [1.54, 1.807) is 30.3 Å². The second kappa shape index (κ2) is 9.19. The lowest BCUT2D eigenvalue weighted by Gasteiger charge is -2.09. The number of nitrogens with one attached hydrogen (secondary N) is 2. The van der Waals surface area contributed by atoms with Gasteiger partial charge in [0, 0.05) is 11.8 Å². The van der Waals surface area contributed by atoms with Crippen LogP contribution >= 0.6 is 0 Å². The van der Waals surface area contributed by atoms with E-state index in [9.17, 15) is 18.5 Å². The Hall–Kier alpha value is -3.72. The Morgan fingerprint density at radius 2 is 1.73 bits per heavy atom. The van der Waals surface area contributed by atoms with Gasteiger partial charge in [-0.3, -0.25) is 20.3 Å². The fourth-order valence-electron chi connectivity index (χ4n) is 2.66. The maximum absolute atomic E-state index is 12.6. The number of nitro groups is 1. The van der Waals surface area contributed by atoms with Crippen LogP contribution in [0.25, 0.3) is 0 Å². The molecule has 8 nitrogen and oxygen atoms in total. The molecule has 0 radical (unpaired) electrons. The molecular weight excluding hydrogens is 404 g/mol. The van der Waals surface area contributed by atoms with Crippen molar-refractivity contribution < 1.29 is 13.3 Å². The van der Waals surface area contributed by atoms with Crippen LogP contribution in [-0.4, -0.2) is 19.6 Å². The van der Waals surface area contributed by atoms with Crippen molar-refractivity contribution in [2.75, 3.05) is 10.1 Å². The molecule has 9 heteroatoms. The summed E-state index contributed by atoms with van der Waals surface area (Å²) in [7, 11) is -3.98. The van der Waals surface area contributed by atoms with Gasteiger partial charge in [-0.2, -0.15) is 5.10 Å². The summed E-state index contributed by atoms with van der Waals surface area (Å²) in [5.74, 6) is 0. The molecule has 0 spiro atoms. The highest BCUT2D eigenvalue weighted by atomic mass is 32.2. The summed E-state index contributed by atoms with van der Waals surface area (Å²) in [6.45, 7) is 2.06. The molecule has 0 amide bonds. The molecule has 2 N–H and O–H groups in total. The van der Waals surface area contributed by atoms with Crippen LogP contribution in [0.2, 0.25) is 0 Å². The molecule has 30 heavy (non-hydrogen) atoms. The van der Waals surface area contributed by atoms with Gasteiger partial charge in [-0.05, 0) is 41.8 Å². The van der Waals surface area contributed by atoms with Crippen molar-refractivity contribution in [2.45, 2.75) is 18.2 Å². The van der Waals surface area contributed by atoms with Crippen molar-refractivity contribution in [3.63, 3.8) is 0 Å². The maximum atomic E-state index is 12.6. The van der Waals surface area contributed by atoms with E-state index in [-0.39, 0.29) is 10.6 Å². The molecule has 0 saturated heterocycles. The summed E-state index contributed by atoms with van der Waals surface area (Å²) in [6, 6.07) is 19.6. The summed E-state index contributed by atoms with van der Waals surface area (Å²) < 4.78 is 27.5. The Bertz CT molecular complexity index is 1160. The molecule has 0 aliphatic rings. The minimum Gasteiger partial charge on any atom is -0.280 e. The first kappa shape index (κ1) is 21.0. The minimum atomic E-state index is -3.98. The average molecular weight is 424 g/mol. The Balaban J connectivity index is 1.81. The van der Waals surface area contributed by atoms with Gasteiger partial charge in [0.05, 0.1) is 16.0 Å². The minimum absolute atomic E-state index is 0.0834. The second-order valence-electron chi connectivity index (χ2n) is 6.37. The topological polar surface area (TPSA) is 114 Å². The van der Waals surface area contributed by atoms with Gasteiger partial charge in [-0.25, -0.2) is 8.42 Å². The van der Waals surface area contributed by atoms with Crippen LogP contribution < -0.4 is 10.1 Å². The van der Waals surface area contributed by atoms with E-state index < -0.39 is 20.6 Å². The van der Waals surface area contributed by atoms with Crippen molar-refractivity contribution in [3.8, 4) is 0 Å². The number of nitrogens with zero attached hydrogens (tertiary/aromatic N) is 2. The van der Waals surface area contributed by atoms with Gasteiger partial charge in [0.2, 0.25) is 0 Å². The number of nitro benzene ring substituents is 1. The molecule has 3 rings (SSSR count). The zero-order valence-electron chi connectivity index (χ0n) is 16.1. The van der Waals surface area contributed by atoms with E-state index in [4.69, 9.17) is 0 Å². The highest BCUT2D eigenvalue weighted by Crippen LogP contribution is 2.28. The van der Waals surface area contributed by atoms with Crippen LogP contribution in [0.15, 0.2) is 82.8 Å². The molecule has 0 bridgehead atoms. The lowest BCUT2D eigenvalue weighted by molar-refractivity contribution is -0.384. The largest absolute Gasteiger partial charge is 0.295 e. The number of anilines is 2. The molecule has 0 aliphatic heterocycles. The molecule has 0 fully saturated rings.